The molecule has 1 aromatic carbocycles. The van der Waals surface area contributed by atoms with Gasteiger partial charge in [-0.1, -0.05) is 38.0 Å². The van der Waals surface area contributed by atoms with Crippen LogP contribution in [0.25, 0.3) is 21.0 Å². The predicted molar refractivity (Wildman–Crippen MR) is 147 cm³/mol. The van der Waals surface area contributed by atoms with E-state index in [0.29, 0.717) is 0 Å². The fourth-order valence-electron chi connectivity index (χ4n) is 4.98. The molecule has 0 bridgehead atoms. The number of carbonyl (C=O) groups excluding carboxylic acids is 1. The molecule has 7 heteroatoms. The van der Waals surface area contributed by atoms with E-state index in [4.69, 9.17) is 4.98 Å². The molecule has 0 spiro atoms. The Hall–Kier alpha value is -2.90. The average molecular weight is 490 g/mol. The Morgan fingerprint density at radius 2 is 1.97 bits per heavy atom. The molecule has 0 radical (unpaired) electrons. The first-order valence-electron chi connectivity index (χ1n) is 12.7. The maximum atomic E-state index is 13.4. The summed E-state index contributed by atoms with van der Waals surface area (Å²) in [5, 5.41) is 5.68. The molecule has 1 aliphatic rings. The van der Waals surface area contributed by atoms with Crippen molar-refractivity contribution in [3.8, 4) is 0 Å². The van der Waals surface area contributed by atoms with Gasteiger partial charge in [-0.15, -0.1) is 11.3 Å². The standard InChI is InChI=1S/C28H35N5OS/c1-4-5-8-21(15-20-18-29-24-10-7-6-9-22(20)24)31-28(34)26-16-23-19(2)30-27(17-25(23)35-26)33-13-11-32(3)12-14-33/h6-7,9-10,16-18,21,29H,4-5,8,11-15H2,1-3H3,(H,31,34). The summed E-state index contributed by atoms with van der Waals surface area (Å²) in [5.41, 5.74) is 3.40. The SMILES string of the molecule is CCCCC(Cc1c[nH]c2ccccc12)NC(=O)c1cc2c(C)nc(N3CCN(C)CC3)cc2s1. The Bertz CT molecular complexity index is 1320. The molecule has 0 aliphatic carbocycles. The second-order valence-corrected chi connectivity index (χ2v) is 10.8. The molecule has 1 aliphatic heterocycles. The van der Waals surface area contributed by atoms with Crippen LogP contribution in [-0.4, -0.2) is 60.0 Å². The highest BCUT2D eigenvalue weighted by molar-refractivity contribution is 7.20. The maximum absolute atomic E-state index is 13.4. The van der Waals surface area contributed by atoms with Gasteiger partial charge in [0.2, 0.25) is 0 Å². The monoisotopic (exact) mass is 489 g/mol. The third kappa shape index (κ3) is 5.21. The third-order valence-electron chi connectivity index (χ3n) is 7.13. The molecular weight excluding hydrogens is 454 g/mol. The number of nitrogens with one attached hydrogen (secondary N) is 2. The summed E-state index contributed by atoms with van der Waals surface area (Å²) in [6.45, 7) is 8.32. The normalized spacial score (nSPS) is 15.7. The number of unbranched alkanes of at least 4 members (excludes halogenated alkanes) is 1. The number of H-pyrrole nitrogens is 1. The van der Waals surface area contributed by atoms with E-state index in [1.807, 2.05) is 12.1 Å². The molecule has 2 N–H and O–H groups in total. The van der Waals surface area contributed by atoms with E-state index >= 15 is 0 Å². The van der Waals surface area contributed by atoms with Gasteiger partial charge >= 0.3 is 0 Å². The van der Waals surface area contributed by atoms with E-state index in [1.54, 1.807) is 11.3 Å². The van der Waals surface area contributed by atoms with Crippen molar-refractivity contribution in [1.82, 2.24) is 20.2 Å². The minimum absolute atomic E-state index is 0.0210. The van der Waals surface area contributed by atoms with Gasteiger partial charge < -0.3 is 20.1 Å². The number of aromatic nitrogens is 2. The number of piperazine rings is 1. The zero-order valence-corrected chi connectivity index (χ0v) is 21.8. The molecule has 0 saturated carbocycles. The van der Waals surface area contributed by atoms with Gasteiger partial charge in [0, 0.05) is 65.1 Å². The first-order chi connectivity index (χ1) is 17.0. The maximum Gasteiger partial charge on any atom is 0.261 e. The van der Waals surface area contributed by atoms with Crippen LogP contribution in [0, 0.1) is 6.92 Å². The molecule has 3 aromatic heterocycles. The van der Waals surface area contributed by atoms with Crippen LogP contribution in [0.2, 0.25) is 0 Å². The lowest BCUT2D eigenvalue weighted by molar-refractivity contribution is 0.0938. The van der Waals surface area contributed by atoms with E-state index in [1.165, 1.54) is 10.9 Å². The molecular formula is C28H35N5OS. The van der Waals surface area contributed by atoms with Crippen LogP contribution in [0.15, 0.2) is 42.6 Å². The van der Waals surface area contributed by atoms with Crippen molar-refractivity contribution in [3.63, 3.8) is 0 Å². The Balaban J connectivity index is 1.35. The van der Waals surface area contributed by atoms with Crippen LogP contribution >= 0.6 is 11.3 Å². The molecule has 4 aromatic rings. The van der Waals surface area contributed by atoms with Crippen molar-refractivity contribution in [2.45, 2.75) is 45.6 Å². The fourth-order valence-corrected chi connectivity index (χ4v) is 6.03. The molecule has 1 saturated heterocycles. The molecule has 4 heterocycles. The number of aryl methyl sites for hydroxylation is 1. The van der Waals surface area contributed by atoms with Crippen LogP contribution < -0.4 is 10.2 Å². The van der Waals surface area contributed by atoms with Crippen LogP contribution in [0.4, 0.5) is 5.82 Å². The number of thiophene rings is 1. The number of hydrogen-bond donors (Lipinski definition) is 2. The van der Waals surface area contributed by atoms with Crippen molar-refractivity contribution in [3.05, 3.63) is 58.7 Å². The first kappa shape index (κ1) is 23.8. The van der Waals surface area contributed by atoms with E-state index < -0.39 is 0 Å². The lowest BCUT2D eigenvalue weighted by Crippen LogP contribution is -2.44. The smallest absolute Gasteiger partial charge is 0.261 e. The molecule has 184 valence electrons. The zero-order chi connectivity index (χ0) is 24.4. The van der Waals surface area contributed by atoms with Crippen molar-refractivity contribution >= 4 is 44.1 Å². The first-order valence-corrected chi connectivity index (χ1v) is 13.5. The summed E-state index contributed by atoms with van der Waals surface area (Å²) in [6, 6.07) is 12.7. The summed E-state index contributed by atoms with van der Waals surface area (Å²) in [4.78, 5) is 27.1. The van der Waals surface area contributed by atoms with Gasteiger partial charge in [-0.2, -0.15) is 0 Å². The summed E-state index contributed by atoms with van der Waals surface area (Å²) < 4.78 is 1.14. The highest BCUT2D eigenvalue weighted by Gasteiger charge is 2.21. The predicted octanol–water partition coefficient (Wildman–Crippen LogP) is 5.37. The largest absolute Gasteiger partial charge is 0.361 e. The number of amides is 1. The van der Waals surface area contributed by atoms with E-state index in [2.05, 4.69) is 71.5 Å². The Morgan fingerprint density at radius 1 is 1.17 bits per heavy atom. The van der Waals surface area contributed by atoms with E-state index in [0.717, 1.165) is 83.9 Å². The average Bonchev–Trinajstić information content (AvgIpc) is 3.48. The van der Waals surface area contributed by atoms with Gasteiger partial charge in [0.1, 0.15) is 5.82 Å². The molecule has 1 amide bonds. The van der Waals surface area contributed by atoms with Gasteiger partial charge in [0.25, 0.3) is 5.91 Å². The number of anilines is 1. The van der Waals surface area contributed by atoms with Gasteiger partial charge in [-0.05, 0) is 50.6 Å². The van der Waals surface area contributed by atoms with Crippen LogP contribution in [0.3, 0.4) is 0 Å². The summed E-state index contributed by atoms with van der Waals surface area (Å²) in [5.74, 6) is 1.05. The third-order valence-corrected chi connectivity index (χ3v) is 8.21. The number of rotatable bonds is 8. The van der Waals surface area contributed by atoms with Crippen LogP contribution in [0.5, 0.6) is 0 Å². The molecule has 1 unspecified atom stereocenters. The highest BCUT2D eigenvalue weighted by atomic mass is 32.1. The number of aromatic amines is 1. The summed E-state index contributed by atoms with van der Waals surface area (Å²) >= 11 is 1.58. The Labute approximate surface area is 211 Å². The zero-order valence-electron chi connectivity index (χ0n) is 20.9. The number of fused-ring (bicyclic) bond motifs is 2. The summed E-state index contributed by atoms with van der Waals surface area (Å²) in [7, 11) is 2.16. The fraction of sp³-hybridized carbons (Fsp3) is 0.429. The van der Waals surface area contributed by atoms with Crippen LogP contribution in [-0.2, 0) is 6.42 Å². The Kier molecular flexibility index (Phi) is 7.07. The topological polar surface area (TPSA) is 64.3 Å². The van der Waals surface area contributed by atoms with Crippen molar-refractivity contribution in [2.24, 2.45) is 0 Å². The van der Waals surface area contributed by atoms with Gasteiger partial charge in [0.15, 0.2) is 0 Å². The number of likely N-dealkylation sites (N-methyl/N-ethyl adjacent to an activating group) is 1. The number of benzene rings is 1. The van der Waals surface area contributed by atoms with Crippen molar-refractivity contribution in [2.75, 3.05) is 38.1 Å². The Morgan fingerprint density at radius 3 is 2.77 bits per heavy atom. The number of pyridine rings is 1. The molecule has 1 fully saturated rings. The van der Waals surface area contributed by atoms with Crippen LogP contribution in [0.1, 0.15) is 47.1 Å². The number of nitrogens with zero attached hydrogens (tertiary/aromatic N) is 3. The minimum Gasteiger partial charge on any atom is -0.361 e. The minimum atomic E-state index is 0.0210. The lowest BCUT2D eigenvalue weighted by Gasteiger charge is -2.33. The quantitative estimate of drug-likeness (QED) is 0.349. The molecule has 6 nitrogen and oxygen atoms in total. The molecule has 35 heavy (non-hydrogen) atoms. The second-order valence-electron chi connectivity index (χ2n) is 9.75. The molecule has 1 atom stereocenters. The van der Waals surface area contributed by atoms with Crippen molar-refractivity contribution < 1.29 is 4.79 Å². The van der Waals surface area contributed by atoms with E-state index in [-0.39, 0.29) is 11.9 Å². The van der Waals surface area contributed by atoms with Crippen molar-refractivity contribution in [1.29, 1.82) is 0 Å². The van der Waals surface area contributed by atoms with Gasteiger partial charge in [0.05, 0.1) is 4.88 Å². The van der Waals surface area contributed by atoms with Gasteiger partial charge in [-0.3, -0.25) is 4.79 Å². The number of para-hydroxylation sites is 1. The lowest BCUT2D eigenvalue weighted by atomic mass is 10.0. The number of carbonyl (C=O) groups is 1. The summed E-state index contributed by atoms with van der Waals surface area (Å²) in [6.07, 6.45) is 6.10. The van der Waals surface area contributed by atoms with Gasteiger partial charge in [-0.25, -0.2) is 4.98 Å². The second kappa shape index (κ2) is 10.4. The molecule has 5 rings (SSSR count). The highest BCUT2D eigenvalue weighted by Crippen LogP contribution is 2.31. The number of hydrogen-bond acceptors (Lipinski definition) is 5. The van der Waals surface area contributed by atoms with E-state index in [9.17, 15) is 4.79 Å².